The summed E-state index contributed by atoms with van der Waals surface area (Å²) in [6.45, 7) is 16.6. The maximum Gasteiger partial charge on any atom is 0.225 e. The average Bonchev–Trinajstić information content (AvgIpc) is 2.75. The Morgan fingerprint density at radius 1 is 0.929 bits per heavy atom. The highest BCUT2D eigenvalue weighted by atomic mass is 16.2. The van der Waals surface area contributed by atoms with Crippen LogP contribution in [0.4, 0.5) is 0 Å². The van der Waals surface area contributed by atoms with Crippen molar-refractivity contribution in [3.8, 4) is 0 Å². The molecule has 3 rings (SSSR count). The number of nitrogens with one attached hydrogen (secondary N) is 1. The number of carbonyl (C=O) groups is 1. The quantitative estimate of drug-likeness (QED) is 0.752. The molecule has 1 amide bonds. The molecule has 28 heavy (non-hydrogen) atoms. The molecule has 0 aromatic heterocycles. The Balaban J connectivity index is 0.000000261. The Morgan fingerprint density at radius 3 is 2.04 bits per heavy atom. The van der Waals surface area contributed by atoms with Gasteiger partial charge in [0.2, 0.25) is 5.91 Å². The molecule has 3 aliphatic rings. The maximum atomic E-state index is 12.1. The van der Waals surface area contributed by atoms with Crippen LogP contribution in [-0.2, 0) is 4.79 Å². The lowest BCUT2D eigenvalue weighted by Gasteiger charge is -2.38. The maximum absolute atomic E-state index is 12.1. The lowest BCUT2D eigenvalue weighted by Crippen LogP contribution is -2.51. The average molecular weight is 394 g/mol. The minimum absolute atomic E-state index is 0.199. The van der Waals surface area contributed by atoms with Crippen LogP contribution in [0.5, 0.6) is 0 Å². The molecular formula is C24H47N3O. The number of hydrogen-bond donors (Lipinski definition) is 1. The predicted molar refractivity (Wildman–Crippen MR) is 119 cm³/mol. The molecule has 3 fully saturated rings. The summed E-state index contributed by atoms with van der Waals surface area (Å²) in [5, 5.41) is 3.37. The highest BCUT2D eigenvalue weighted by Gasteiger charge is 2.25. The molecule has 4 heteroatoms. The second-order valence-corrected chi connectivity index (χ2v) is 9.77. The van der Waals surface area contributed by atoms with Crippen LogP contribution < -0.4 is 5.32 Å². The van der Waals surface area contributed by atoms with Crippen LogP contribution in [-0.4, -0.2) is 61.5 Å². The van der Waals surface area contributed by atoms with Crippen LogP contribution in [0.3, 0.4) is 0 Å². The molecule has 2 heterocycles. The van der Waals surface area contributed by atoms with Gasteiger partial charge in [0.15, 0.2) is 0 Å². The summed E-state index contributed by atoms with van der Waals surface area (Å²) in [6, 6.07) is 0. The minimum atomic E-state index is 0.199. The van der Waals surface area contributed by atoms with Crippen LogP contribution in [0.25, 0.3) is 0 Å². The van der Waals surface area contributed by atoms with Crippen molar-refractivity contribution in [2.75, 3.05) is 45.8 Å². The van der Waals surface area contributed by atoms with Gasteiger partial charge in [-0.15, -0.1) is 0 Å². The van der Waals surface area contributed by atoms with E-state index >= 15 is 0 Å². The molecule has 0 aromatic carbocycles. The van der Waals surface area contributed by atoms with Crippen molar-refractivity contribution >= 4 is 5.91 Å². The topological polar surface area (TPSA) is 35.6 Å². The first-order valence-electron chi connectivity index (χ1n) is 12.2. The van der Waals surface area contributed by atoms with Crippen molar-refractivity contribution < 1.29 is 4.79 Å². The SMILES string of the molecule is CC(C)C1CCNCC1.CCC(C)C(=O)N1CCN(CC2CCCCC2)CC1. The second kappa shape index (κ2) is 12.8. The molecule has 1 aliphatic carbocycles. The summed E-state index contributed by atoms with van der Waals surface area (Å²) < 4.78 is 0. The van der Waals surface area contributed by atoms with Gasteiger partial charge in [0, 0.05) is 38.6 Å². The van der Waals surface area contributed by atoms with Crippen molar-refractivity contribution in [3.63, 3.8) is 0 Å². The van der Waals surface area contributed by atoms with Gasteiger partial charge in [0.1, 0.15) is 0 Å². The van der Waals surface area contributed by atoms with Gasteiger partial charge in [0.25, 0.3) is 0 Å². The van der Waals surface area contributed by atoms with Gasteiger partial charge >= 0.3 is 0 Å². The van der Waals surface area contributed by atoms with E-state index in [0.29, 0.717) is 5.91 Å². The van der Waals surface area contributed by atoms with Gasteiger partial charge in [-0.25, -0.2) is 0 Å². The Morgan fingerprint density at radius 2 is 1.54 bits per heavy atom. The molecule has 1 atom stereocenters. The summed E-state index contributed by atoms with van der Waals surface area (Å²) >= 11 is 0. The van der Waals surface area contributed by atoms with E-state index in [0.717, 1.165) is 50.4 Å². The fraction of sp³-hybridized carbons (Fsp3) is 0.958. The number of amides is 1. The molecule has 0 bridgehead atoms. The Kier molecular flexibility index (Phi) is 10.9. The van der Waals surface area contributed by atoms with Crippen molar-refractivity contribution in [2.24, 2.45) is 23.7 Å². The van der Waals surface area contributed by atoms with Crippen molar-refractivity contribution in [1.82, 2.24) is 15.1 Å². The smallest absolute Gasteiger partial charge is 0.225 e. The number of hydrogen-bond acceptors (Lipinski definition) is 3. The van der Waals surface area contributed by atoms with Crippen LogP contribution in [0.2, 0.25) is 0 Å². The molecule has 164 valence electrons. The molecule has 1 unspecified atom stereocenters. The van der Waals surface area contributed by atoms with E-state index in [9.17, 15) is 4.79 Å². The first kappa shape index (κ1) is 23.7. The van der Waals surface area contributed by atoms with E-state index in [1.807, 2.05) is 0 Å². The summed E-state index contributed by atoms with van der Waals surface area (Å²) in [6.07, 6.45) is 10.9. The van der Waals surface area contributed by atoms with Gasteiger partial charge in [-0.2, -0.15) is 0 Å². The van der Waals surface area contributed by atoms with E-state index in [2.05, 4.69) is 42.8 Å². The summed E-state index contributed by atoms with van der Waals surface area (Å²) in [5.74, 6) is 3.37. The lowest BCUT2D eigenvalue weighted by molar-refractivity contribution is -0.136. The number of rotatable bonds is 5. The molecule has 4 nitrogen and oxygen atoms in total. The Hall–Kier alpha value is -0.610. The monoisotopic (exact) mass is 393 g/mol. The summed E-state index contributed by atoms with van der Waals surface area (Å²) in [7, 11) is 0. The first-order chi connectivity index (χ1) is 13.5. The zero-order valence-electron chi connectivity index (χ0n) is 19.2. The fourth-order valence-electron chi connectivity index (χ4n) is 4.88. The third-order valence-electron chi connectivity index (χ3n) is 7.29. The van der Waals surface area contributed by atoms with Crippen molar-refractivity contribution in [3.05, 3.63) is 0 Å². The van der Waals surface area contributed by atoms with Crippen LogP contribution in [0.1, 0.15) is 79.1 Å². The van der Waals surface area contributed by atoms with E-state index < -0.39 is 0 Å². The van der Waals surface area contributed by atoms with Gasteiger partial charge in [-0.05, 0) is 62.9 Å². The highest BCUT2D eigenvalue weighted by Crippen LogP contribution is 2.25. The van der Waals surface area contributed by atoms with E-state index in [1.54, 1.807) is 0 Å². The van der Waals surface area contributed by atoms with Crippen LogP contribution in [0, 0.1) is 23.7 Å². The molecule has 0 spiro atoms. The molecule has 2 saturated heterocycles. The van der Waals surface area contributed by atoms with Crippen LogP contribution in [0.15, 0.2) is 0 Å². The minimum Gasteiger partial charge on any atom is -0.340 e. The number of piperidine rings is 1. The third kappa shape index (κ3) is 8.02. The van der Waals surface area contributed by atoms with Crippen molar-refractivity contribution in [2.45, 2.75) is 79.1 Å². The molecule has 1 N–H and O–H groups in total. The summed E-state index contributed by atoms with van der Waals surface area (Å²) in [5.41, 5.74) is 0. The molecule has 2 aliphatic heterocycles. The molecule has 0 radical (unpaired) electrons. The number of piperazine rings is 1. The molecule has 1 saturated carbocycles. The van der Waals surface area contributed by atoms with Crippen LogP contribution >= 0.6 is 0 Å². The largest absolute Gasteiger partial charge is 0.340 e. The van der Waals surface area contributed by atoms with Gasteiger partial charge in [-0.3, -0.25) is 9.69 Å². The highest BCUT2D eigenvalue weighted by molar-refractivity contribution is 5.78. The third-order valence-corrected chi connectivity index (χ3v) is 7.29. The standard InChI is InChI=1S/C16H30N2O.C8H17N/c1-3-14(2)16(19)18-11-9-17(10-12-18)13-15-7-5-4-6-8-15;1-7(2)8-3-5-9-6-4-8/h14-15H,3-13H2,1-2H3;7-9H,3-6H2,1-2H3. The summed E-state index contributed by atoms with van der Waals surface area (Å²) in [4.78, 5) is 16.8. The van der Waals surface area contributed by atoms with Crippen molar-refractivity contribution in [1.29, 1.82) is 0 Å². The predicted octanol–water partition coefficient (Wildman–Crippen LogP) is 4.40. The number of nitrogens with zero attached hydrogens (tertiary/aromatic N) is 2. The van der Waals surface area contributed by atoms with Gasteiger partial charge in [0.05, 0.1) is 0 Å². The Bertz CT molecular complexity index is 420. The normalized spacial score (nSPS) is 24.0. The fourth-order valence-corrected chi connectivity index (χ4v) is 4.88. The number of carbonyl (C=O) groups excluding carboxylic acids is 1. The molecular weight excluding hydrogens is 346 g/mol. The van der Waals surface area contributed by atoms with E-state index in [-0.39, 0.29) is 5.92 Å². The molecule has 0 aromatic rings. The second-order valence-electron chi connectivity index (χ2n) is 9.77. The van der Waals surface area contributed by atoms with E-state index in [4.69, 9.17) is 0 Å². The van der Waals surface area contributed by atoms with E-state index in [1.165, 1.54) is 64.6 Å². The zero-order chi connectivity index (χ0) is 20.4. The van der Waals surface area contributed by atoms with Gasteiger partial charge < -0.3 is 10.2 Å². The lowest BCUT2D eigenvalue weighted by atomic mass is 9.87. The van der Waals surface area contributed by atoms with Gasteiger partial charge in [-0.1, -0.05) is 47.0 Å². The first-order valence-corrected chi connectivity index (χ1v) is 12.2. The zero-order valence-corrected chi connectivity index (χ0v) is 19.2. The Labute approximate surface area is 174 Å².